The molecule has 1 saturated carbocycles. The van der Waals surface area contributed by atoms with Crippen molar-refractivity contribution < 1.29 is 9.90 Å². The van der Waals surface area contributed by atoms with E-state index < -0.39 is 5.97 Å². The molecular weight excluding hydrogens is 226 g/mol. The zero-order valence-corrected chi connectivity index (χ0v) is 12.4. The van der Waals surface area contributed by atoms with E-state index in [9.17, 15) is 4.79 Å². The van der Waals surface area contributed by atoms with Crippen molar-refractivity contribution in [3.05, 3.63) is 0 Å². The zero-order valence-electron chi connectivity index (χ0n) is 12.4. The van der Waals surface area contributed by atoms with Crippen molar-refractivity contribution >= 4 is 5.97 Å². The van der Waals surface area contributed by atoms with Gasteiger partial charge in [0.1, 0.15) is 0 Å². The number of hydrogen-bond acceptors (Lipinski definition) is 2. The molecule has 1 N–H and O–H groups in total. The molecule has 0 aromatic heterocycles. The van der Waals surface area contributed by atoms with Crippen LogP contribution < -0.4 is 0 Å². The molecule has 1 atom stereocenters. The van der Waals surface area contributed by atoms with Crippen LogP contribution in [0.15, 0.2) is 0 Å². The molecule has 18 heavy (non-hydrogen) atoms. The van der Waals surface area contributed by atoms with Gasteiger partial charge in [-0.2, -0.15) is 0 Å². The van der Waals surface area contributed by atoms with Gasteiger partial charge in [-0.25, -0.2) is 0 Å². The Morgan fingerprint density at radius 1 is 1.22 bits per heavy atom. The maximum atomic E-state index is 10.8. The summed E-state index contributed by atoms with van der Waals surface area (Å²) < 4.78 is 0. The minimum atomic E-state index is -0.684. The molecule has 0 radical (unpaired) electrons. The van der Waals surface area contributed by atoms with E-state index in [2.05, 4.69) is 25.7 Å². The van der Waals surface area contributed by atoms with Crippen LogP contribution in [0.3, 0.4) is 0 Å². The minimum Gasteiger partial charge on any atom is -0.481 e. The molecule has 0 heterocycles. The lowest BCUT2D eigenvalue weighted by molar-refractivity contribution is -0.138. The van der Waals surface area contributed by atoms with Gasteiger partial charge >= 0.3 is 5.97 Å². The minimum absolute atomic E-state index is 0.160. The summed E-state index contributed by atoms with van der Waals surface area (Å²) in [7, 11) is 0. The standard InChI is InChI=1S/C15H29NO2/c1-5-16(12(4)10-15(17)18)14-8-6-13(7-9-14)11(2)3/h11-14H,5-10H2,1-4H3,(H,17,18). The number of hydrogen-bond donors (Lipinski definition) is 1. The number of rotatable bonds is 6. The molecule has 0 saturated heterocycles. The summed E-state index contributed by atoms with van der Waals surface area (Å²) in [4.78, 5) is 13.2. The first kappa shape index (κ1) is 15.5. The summed E-state index contributed by atoms with van der Waals surface area (Å²) >= 11 is 0. The average molecular weight is 255 g/mol. The smallest absolute Gasteiger partial charge is 0.304 e. The lowest BCUT2D eigenvalue weighted by Gasteiger charge is -2.40. The van der Waals surface area contributed by atoms with Crippen LogP contribution in [0, 0.1) is 11.8 Å². The van der Waals surface area contributed by atoms with Gasteiger partial charge in [0.2, 0.25) is 0 Å². The molecular formula is C15H29NO2. The Bertz CT molecular complexity index is 257. The van der Waals surface area contributed by atoms with Crippen LogP contribution in [0.2, 0.25) is 0 Å². The highest BCUT2D eigenvalue weighted by molar-refractivity contribution is 5.67. The van der Waals surface area contributed by atoms with Crippen molar-refractivity contribution in [2.75, 3.05) is 6.54 Å². The van der Waals surface area contributed by atoms with Crippen molar-refractivity contribution in [2.24, 2.45) is 11.8 Å². The Hall–Kier alpha value is -0.570. The van der Waals surface area contributed by atoms with E-state index in [1.807, 2.05) is 6.92 Å². The highest BCUT2D eigenvalue weighted by atomic mass is 16.4. The number of carbonyl (C=O) groups is 1. The van der Waals surface area contributed by atoms with Gasteiger partial charge in [0, 0.05) is 12.1 Å². The predicted octanol–water partition coefficient (Wildman–Crippen LogP) is 3.39. The third kappa shape index (κ3) is 4.27. The van der Waals surface area contributed by atoms with Crippen LogP contribution in [0.25, 0.3) is 0 Å². The summed E-state index contributed by atoms with van der Waals surface area (Å²) in [6.45, 7) is 9.79. The van der Waals surface area contributed by atoms with Crippen molar-refractivity contribution in [2.45, 2.75) is 71.9 Å². The van der Waals surface area contributed by atoms with Crippen LogP contribution in [0.5, 0.6) is 0 Å². The van der Waals surface area contributed by atoms with Gasteiger partial charge in [-0.1, -0.05) is 20.8 Å². The Kier molecular flexibility index (Phi) is 6.13. The SMILES string of the molecule is CCN(C(C)CC(=O)O)C1CCC(C(C)C)CC1. The van der Waals surface area contributed by atoms with E-state index in [4.69, 9.17) is 5.11 Å². The van der Waals surface area contributed by atoms with E-state index >= 15 is 0 Å². The Balaban J connectivity index is 2.50. The van der Waals surface area contributed by atoms with E-state index in [1.165, 1.54) is 25.7 Å². The second-order valence-corrected chi connectivity index (χ2v) is 6.09. The van der Waals surface area contributed by atoms with E-state index in [1.54, 1.807) is 0 Å². The first-order chi connectivity index (χ1) is 8.45. The Labute approximate surface area is 112 Å². The second-order valence-electron chi connectivity index (χ2n) is 6.09. The normalized spacial score (nSPS) is 26.6. The van der Waals surface area contributed by atoms with E-state index in [0.717, 1.165) is 18.4 Å². The summed E-state index contributed by atoms with van der Waals surface area (Å²) in [5, 5.41) is 8.91. The molecule has 0 bridgehead atoms. The van der Waals surface area contributed by atoms with Crippen LogP contribution in [-0.4, -0.2) is 34.6 Å². The molecule has 3 heteroatoms. The summed E-state index contributed by atoms with van der Waals surface area (Å²) in [5.74, 6) is 0.976. The Morgan fingerprint density at radius 3 is 2.17 bits per heavy atom. The van der Waals surface area contributed by atoms with Crippen molar-refractivity contribution in [3.63, 3.8) is 0 Å². The summed E-state index contributed by atoms with van der Waals surface area (Å²) in [6.07, 6.45) is 5.34. The maximum Gasteiger partial charge on any atom is 0.304 e. The van der Waals surface area contributed by atoms with Gasteiger partial charge in [0.15, 0.2) is 0 Å². The predicted molar refractivity (Wildman–Crippen MR) is 74.7 cm³/mol. The van der Waals surface area contributed by atoms with Crippen molar-refractivity contribution in [1.82, 2.24) is 4.90 Å². The highest BCUT2D eigenvalue weighted by Crippen LogP contribution is 2.33. The summed E-state index contributed by atoms with van der Waals surface area (Å²) in [5.41, 5.74) is 0. The molecule has 1 unspecified atom stereocenters. The molecule has 0 aromatic carbocycles. The van der Waals surface area contributed by atoms with E-state index in [-0.39, 0.29) is 12.5 Å². The first-order valence-corrected chi connectivity index (χ1v) is 7.43. The molecule has 1 aliphatic carbocycles. The molecule has 1 aliphatic rings. The number of carboxylic acids is 1. The fourth-order valence-corrected chi connectivity index (χ4v) is 3.40. The molecule has 1 fully saturated rings. The largest absolute Gasteiger partial charge is 0.481 e. The number of aliphatic carboxylic acids is 1. The molecule has 0 amide bonds. The molecule has 0 aromatic rings. The van der Waals surface area contributed by atoms with E-state index in [0.29, 0.717) is 6.04 Å². The quantitative estimate of drug-likeness (QED) is 0.791. The third-order valence-corrected chi connectivity index (χ3v) is 4.55. The van der Waals surface area contributed by atoms with Crippen LogP contribution in [0.1, 0.15) is 59.8 Å². The van der Waals surface area contributed by atoms with Gasteiger partial charge in [0.25, 0.3) is 0 Å². The Morgan fingerprint density at radius 2 is 1.78 bits per heavy atom. The second kappa shape index (κ2) is 7.13. The van der Waals surface area contributed by atoms with Gasteiger partial charge in [-0.15, -0.1) is 0 Å². The van der Waals surface area contributed by atoms with Gasteiger partial charge < -0.3 is 5.11 Å². The van der Waals surface area contributed by atoms with Gasteiger partial charge in [-0.3, -0.25) is 9.69 Å². The molecule has 3 nitrogen and oxygen atoms in total. The monoisotopic (exact) mass is 255 g/mol. The van der Waals surface area contributed by atoms with Gasteiger partial charge in [0.05, 0.1) is 6.42 Å². The summed E-state index contributed by atoms with van der Waals surface area (Å²) in [6, 6.07) is 0.757. The lowest BCUT2D eigenvalue weighted by atomic mass is 9.79. The molecule has 106 valence electrons. The molecule has 0 aliphatic heterocycles. The topological polar surface area (TPSA) is 40.5 Å². The van der Waals surface area contributed by atoms with Crippen molar-refractivity contribution in [3.8, 4) is 0 Å². The highest BCUT2D eigenvalue weighted by Gasteiger charge is 2.29. The maximum absolute atomic E-state index is 10.8. The first-order valence-electron chi connectivity index (χ1n) is 7.43. The average Bonchev–Trinajstić information content (AvgIpc) is 2.29. The lowest BCUT2D eigenvalue weighted by Crippen LogP contribution is -2.44. The van der Waals surface area contributed by atoms with Gasteiger partial charge in [-0.05, 0) is 51.0 Å². The number of carboxylic acid groups (broad SMARTS) is 1. The molecule has 1 rings (SSSR count). The van der Waals surface area contributed by atoms with Crippen molar-refractivity contribution in [1.29, 1.82) is 0 Å². The zero-order chi connectivity index (χ0) is 13.7. The van der Waals surface area contributed by atoms with Crippen LogP contribution in [-0.2, 0) is 4.79 Å². The fourth-order valence-electron chi connectivity index (χ4n) is 3.40. The van der Waals surface area contributed by atoms with Crippen LogP contribution in [0.4, 0.5) is 0 Å². The molecule has 0 spiro atoms. The van der Waals surface area contributed by atoms with Crippen LogP contribution >= 0.6 is 0 Å². The third-order valence-electron chi connectivity index (χ3n) is 4.55. The number of nitrogens with zero attached hydrogens (tertiary/aromatic N) is 1. The fraction of sp³-hybridized carbons (Fsp3) is 0.933.